The Morgan fingerprint density at radius 1 is 1.10 bits per heavy atom. The second kappa shape index (κ2) is 4.69. The maximum Gasteiger partial charge on any atom is 0.172 e. The van der Waals surface area contributed by atoms with Crippen molar-refractivity contribution < 1.29 is 9.18 Å². The van der Waals surface area contributed by atoms with E-state index in [2.05, 4.69) is 20.8 Å². The van der Waals surface area contributed by atoms with Crippen LogP contribution in [0.2, 0.25) is 0 Å². The van der Waals surface area contributed by atoms with Gasteiger partial charge in [-0.3, -0.25) is 4.79 Å². The normalized spacial score (nSPS) is 23.4. The van der Waals surface area contributed by atoms with Gasteiger partial charge < -0.3 is 0 Å². The smallest absolute Gasteiger partial charge is 0.172 e. The zero-order valence-electron chi connectivity index (χ0n) is 12.8. The highest BCUT2D eigenvalue weighted by Gasteiger charge is 2.38. The third kappa shape index (κ3) is 2.47. The molecule has 0 aromatic heterocycles. The third-order valence-electron chi connectivity index (χ3n) is 3.96. The molecule has 0 saturated heterocycles. The van der Waals surface area contributed by atoms with Gasteiger partial charge in [0.1, 0.15) is 5.82 Å². The van der Waals surface area contributed by atoms with Gasteiger partial charge >= 0.3 is 0 Å². The Labute approximate surface area is 120 Å². The van der Waals surface area contributed by atoms with Crippen molar-refractivity contribution in [2.45, 2.75) is 40.0 Å². The molecule has 106 valence electrons. The number of hydrogen-bond acceptors (Lipinski definition) is 1. The molecule has 1 atom stereocenters. The molecule has 0 fully saturated rings. The van der Waals surface area contributed by atoms with Gasteiger partial charge in [-0.25, -0.2) is 4.39 Å². The lowest BCUT2D eigenvalue weighted by Gasteiger charge is -2.34. The summed E-state index contributed by atoms with van der Waals surface area (Å²) in [5, 5.41) is 0. The number of Topliss-reactive ketones (excluding diaryl/α,β-unsaturated/α-hetero) is 1. The summed E-state index contributed by atoms with van der Waals surface area (Å²) >= 11 is 0. The molecule has 0 N–H and O–H groups in total. The van der Waals surface area contributed by atoms with Gasteiger partial charge in [-0.05, 0) is 48.1 Å². The second-order valence-electron chi connectivity index (χ2n) is 6.72. The van der Waals surface area contributed by atoms with Crippen molar-refractivity contribution in [2.75, 3.05) is 0 Å². The lowest BCUT2D eigenvalue weighted by molar-refractivity contribution is -0.119. The van der Waals surface area contributed by atoms with Gasteiger partial charge in [0, 0.05) is 0 Å². The largest absolute Gasteiger partial charge is 0.293 e. The van der Waals surface area contributed by atoms with E-state index in [1.807, 2.05) is 26.0 Å². The van der Waals surface area contributed by atoms with Crippen molar-refractivity contribution in [3.05, 3.63) is 58.9 Å². The van der Waals surface area contributed by atoms with Crippen LogP contribution in [0.15, 0.2) is 47.6 Å². The van der Waals surface area contributed by atoms with Crippen molar-refractivity contribution in [1.82, 2.24) is 0 Å². The van der Waals surface area contributed by atoms with Crippen molar-refractivity contribution in [3.63, 3.8) is 0 Å². The first kappa shape index (κ1) is 14.7. The maximum atomic E-state index is 13.1. The van der Waals surface area contributed by atoms with Crippen LogP contribution in [0.3, 0.4) is 0 Å². The highest BCUT2D eigenvalue weighted by Crippen LogP contribution is 2.39. The predicted molar refractivity (Wildman–Crippen MR) is 80.1 cm³/mol. The van der Waals surface area contributed by atoms with E-state index in [9.17, 15) is 9.18 Å². The van der Waals surface area contributed by atoms with Crippen molar-refractivity contribution in [1.29, 1.82) is 0 Å². The van der Waals surface area contributed by atoms with Gasteiger partial charge in [-0.15, -0.1) is 0 Å². The molecule has 1 aliphatic rings. The summed E-state index contributed by atoms with van der Waals surface area (Å²) in [5.74, 6) is -0.204. The lowest BCUT2D eigenvalue weighted by Crippen LogP contribution is -2.35. The number of hydrogen-bond donors (Lipinski definition) is 0. The van der Waals surface area contributed by atoms with Gasteiger partial charge in [0.2, 0.25) is 0 Å². The molecular weight excluding hydrogens is 251 g/mol. The van der Waals surface area contributed by atoms with E-state index in [-0.39, 0.29) is 17.0 Å². The Morgan fingerprint density at radius 3 is 2.15 bits per heavy atom. The number of carbonyl (C=O) groups is 1. The molecule has 2 rings (SSSR count). The van der Waals surface area contributed by atoms with E-state index in [0.717, 1.165) is 16.7 Å². The van der Waals surface area contributed by atoms with Crippen LogP contribution in [0.4, 0.5) is 4.39 Å². The molecule has 0 spiro atoms. The Bertz CT molecular complexity index is 599. The van der Waals surface area contributed by atoms with E-state index >= 15 is 0 Å². The van der Waals surface area contributed by atoms with Crippen LogP contribution in [0, 0.1) is 11.2 Å². The Kier molecular flexibility index (Phi) is 3.45. The van der Waals surface area contributed by atoms with Crippen LogP contribution in [-0.2, 0) is 10.2 Å². The molecule has 2 heteroatoms. The number of carbonyl (C=O) groups excluding carboxylic acids is 1. The minimum absolute atomic E-state index is 0.0246. The van der Waals surface area contributed by atoms with Crippen molar-refractivity contribution >= 4 is 5.78 Å². The number of rotatable bonds is 1. The minimum Gasteiger partial charge on any atom is -0.293 e. The summed E-state index contributed by atoms with van der Waals surface area (Å²) in [4.78, 5) is 12.6. The maximum absolute atomic E-state index is 13.1. The first-order chi connectivity index (χ1) is 9.14. The first-order valence-electron chi connectivity index (χ1n) is 6.87. The van der Waals surface area contributed by atoms with Crippen LogP contribution >= 0.6 is 0 Å². The molecule has 0 radical (unpaired) electrons. The summed E-state index contributed by atoms with van der Waals surface area (Å²) in [6, 6.07) is 6.21. The van der Waals surface area contributed by atoms with Gasteiger partial charge in [0.25, 0.3) is 0 Å². The number of ketones is 1. The molecule has 1 aromatic rings. The highest BCUT2D eigenvalue weighted by molar-refractivity contribution is 6.06. The Balaban J connectivity index is 2.59. The standard InChI is InChI=1S/C18H21FO/c1-12-10-14(17(2,3)4)11-18(5,16(12)20)13-6-8-15(19)9-7-13/h6-11H,1-5H3. The van der Waals surface area contributed by atoms with E-state index in [1.54, 1.807) is 12.1 Å². The SMILES string of the molecule is CC1=CC(C(C)(C)C)=CC(C)(c2ccc(F)cc2)C1=O. The molecule has 0 amide bonds. The Hall–Kier alpha value is -1.70. The first-order valence-corrected chi connectivity index (χ1v) is 6.87. The van der Waals surface area contributed by atoms with Crippen molar-refractivity contribution in [3.8, 4) is 0 Å². The average molecular weight is 272 g/mol. The fourth-order valence-electron chi connectivity index (χ4n) is 2.57. The van der Waals surface area contributed by atoms with Crippen LogP contribution in [0.25, 0.3) is 0 Å². The summed E-state index contributed by atoms with van der Waals surface area (Å²) in [7, 11) is 0. The van der Waals surface area contributed by atoms with Gasteiger partial charge in [-0.2, -0.15) is 0 Å². The summed E-state index contributed by atoms with van der Waals surface area (Å²) in [6.45, 7) is 10.1. The molecule has 0 aliphatic heterocycles. The summed E-state index contributed by atoms with van der Waals surface area (Å²) in [5.41, 5.74) is 1.99. The van der Waals surface area contributed by atoms with Gasteiger partial charge in [-0.1, -0.05) is 45.1 Å². The zero-order chi connectivity index (χ0) is 15.1. The Morgan fingerprint density at radius 2 is 1.65 bits per heavy atom. The molecule has 0 bridgehead atoms. The third-order valence-corrected chi connectivity index (χ3v) is 3.96. The van der Waals surface area contributed by atoms with E-state index in [4.69, 9.17) is 0 Å². The van der Waals surface area contributed by atoms with Crippen LogP contribution in [0.1, 0.15) is 40.2 Å². The number of benzene rings is 1. The highest BCUT2D eigenvalue weighted by atomic mass is 19.1. The molecule has 1 nitrogen and oxygen atoms in total. The van der Waals surface area contributed by atoms with Crippen LogP contribution in [0.5, 0.6) is 0 Å². The topological polar surface area (TPSA) is 17.1 Å². The van der Waals surface area contributed by atoms with Crippen molar-refractivity contribution in [2.24, 2.45) is 5.41 Å². The van der Waals surface area contributed by atoms with Crippen LogP contribution < -0.4 is 0 Å². The van der Waals surface area contributed by atoms with E-state index in [1.165, 1.54) is 12.1 Å². The molecule has 1 aliphatic carbocycles. The monoisotopic (exact) mass is 272 g/mol. The van der Waals surface area contributed by atoms with E-state index in [0.29, 0.717) is 0 Å². The fourth-order valence-corrected chi connectivity index (χ4v) is 2.57. The zero-order valence-corrected chi connectivity index (χ0v) is 12.8. The lowest BCUT2D eigenvalue weighted by atomic mass is 9.68. The fraction of sp³-hybridized carbons (Fsp3) is 0.389. The number of halogens is 1. The molecule has 20 heavy (non-hydrogen) atoms. The van der Waals surface area contributed by atoms with Crippen LogP contribution in [-0.4, -0.2) is 5.78 Å². The second-order valence-corrected chi connectivity index (χ2v) is 6.72. The summed E-state index contributed by atoms with van der Waals surface area (Å²) < 4.78 is 13.1. The van der Waals surface area contributed by atoms with E-state index < -0.39 is 5.41 Å². The quantitative estimate of drug-likeness (QED) is 0.731. The molecule has 0 heterocycles. The summed E-state index contributed by atoms with van der Waals surface area (Å²) in [6.07, 6.45) is 3.99. The molecule has 1 aromatic carbocycles. The van der Waals surface area contributed by atoms with Gasteiger partial charge in [0.05, 0.1) is 5.41 Å². The minimum atomic E-state index is -0.713. The average Bonchev–Trinajstić information content (AvgIpc) is 2.35. The van der Waals surface area contributed by atoms with Gasteiger partial charge in [0.15, 0.2) is 5.78 Å². The molecule has 1 unspecified atom stereocenters. The predicted octanol–water partition coefficient (Wildman–Crippen LogP) is 4.58. The number of allylic oxidation sites excluding steroid dienone is 4. The molecular formula is C18H21FO. The molecule has 0 saturated carbocycles.